The average Bonchev–Trinajstić information content (AvgIpc) is 2.08. The number of aromatic nitrogens is 1. The lowest BCUT2D eigenvalue weighted by molar-refractivity contribution is 0.0827. The Hall–Kier alpha value is -1.36. The van der Waals surface area contributed by atoms with E-state index in [-0.39, 0.29) is 10.5 Å². The van der Waals surface area contributed by atoms with Crippen LogP contribution in [0.3, 0.4) is 0 Å². The Bertz CT molecular complexity index is 384. The third kappa shape index (κ3) is 2.06. The Morgan fingerprint density at radius 2 is 2.15 bits per heavy atom. The van der Waals surface area contributed by atoms with Gasteiger partial charge in [0, 0.05) is 20.3 Å². The molecule has 1 amide bonds. The van der Waals surface area contributed by atoms with Crippen molar-refractivity contribution in [3.05, 3.63) is 33.7 Å². The van der Waals surface area contributed by atoms with Crippen LogP contribution in [0.1, 0.15) is 10.4 Å². The van der Waals surface area contributed by atoms with E-state index in [2.05, 4.69) is 0 Å². The molecular formula is C8H9N2O2S-. The van der Waals surface area contributed by atoms with Gasteiger partial charge < -0.3 is 14.8 Å². The molecular weight excluding hydrogens is 188 g/mol. The summed E-state index contributed by atoms with van der Waals surface area (Å²) in [6.45, 7) is 0. The number of carbonyl (C=O) groups is 1. The fourth-order valence-electron chi connectivity index (χ4n) is 0.852. The molecule has 1 aromatic rings. The fourth-order valence-corrected chi connectivity index (χ4v) is 0.973. The highest BCUT2D eigenvalue weighted by atomic mass is 32.1. The maximum atomic E-state index is 11.3. The second-order valence-corrected chi connectivity index (χ2v) is 3.20. The van der Waals surface area contributed by atoms with Crippen LogP contribution in [0.25, 0.3) is 0 Å². The van der Waals surface area contributed by atoms with E-state index >= 15 is 0 Å². The molecule has 0 unspecified atom stereocenters. The molecule has 5 heteroatoms. The molecule has 0 spiro atoms. The van der Waals surface area contributed by atoms with Crippen LogP contribution in [-0.4, -0.2) is 29.6 Å². The van der Waals surface area contributed by atoms with Crippen molar-refractivity contribution in [2.45, 2.75) is 0 Å². The number of pyridine rings is 1. The number of nitrogens with zero attached hydrogens (tertiary/aromatic N) is 2. The van der Waals surface area contributed by atoms with Crippen LogP contribution in [0.15, 0.2) is 18.3 Å². The van der Waals surface area contributed by atoms with Gasteiger partial charge in [-0.1, -0.05) is 12.2 Å². The topological polar surface area (TPSA) is 48.3 Å². The van der Waals surface area contributed by atoms with Crippen LogP contribution in [0, 0.1) is 9.85 Å². The molecule has 0 aliphatic rings. The number of amides is 1. The zero-order valence-corrected chi connectivity index (χ0v) is 8.17. The number of carbonyl (C=O) groups excluding carboxylic acids is 1. The Kier molecular flexibility index (Phi) is 2.67. The number of hydrogen-bond donors (Lipinski definition) is 0. The van der Waals surface area contributed by atoms with Crippen LogP contribution >= 0.6 is 12.2 Å². The van der Waals surface area contributed by atoms with Gasteiger partial charge in [0.15, 0.2) is 0 Å². The van der Waals surface area contributed by atoms with E-state index in [9.17, 15) is 10.0 Å². The van der Waals surface area contributed by atoms with Crippen molar-refractivity contribution in [1.82, 2.24) is 9.63 Å². The van der Waals surface area contributed by atoms with Crippen molar-refractivity contribution in [3.8, 4) is 0 Å². The van der Waals surface area contributed by atoms with E-state index < -0.39 is 0 Å². The van der Waals surface area contributed by atoms with Crippen LogP contribution < -0.4 is 0 Å². The Balaban J connectivity index is 3.11. The van der Waals surface area contributed by atoms with Gasteiger partial charge in [-0.15, -0.1) is 0 Å². The zero-order valence-electron chi connectivity index (χ0n) is 7.35. The highest BCUT2D eigenvalue weighted by molar-refractivity contribution is 7.71. The van der Waals surface area contributed by atoms with E-state index in [1.54, 1.807) is 20.2 Å². The second kappa shape index (κ2) is 3.57. The summed E-state index contributed by atoms with van der Waals surface area (Å²) >= 11 is 4.69. The molecule has 0 aromatic carbocycles. The third-order valence-corrected chi connectivity index (χ3v) is 1.85. The first-order valence-electron chi connectivity index (χ1n) is 3.64. The summed E-state index contributed by atoms with van der Waals surface area (Å²) in [4.78, 5) is 12.7. The molecule has 1 heterocycles. The van der Waals surface area contributed by atoms with Crippen molar-refractivity contribution < 1.29 is 4.79 Å². The van der Waals surface area contributed by atoms with Gasteiger partial charge in [0.1, 0.15) is 4.64 Å². The largest absolute Gasteiger partial charge is 0.805 e. The molecule has 4 nitrogen and oxygen atoms in total. The van der Waals surface area contributed by atoms with E-state index in [0.717, 1.165) is 0 Å². The smallest absolute Gasteiger partial charge is 0.254 e. The Morgan fingerprint density at radius 3 is 2.62 bits per heavy atom. The van der Waals surface area contributed by atoms with Gasteiger partial charge in [-0.25, -0.2) is 0 Å². The Morgan fingerprint density at radius 1 is 1.54 bits per heavy atom. The molecule has 13 heavy (non-hydrogen) atoms. The van der Waals surface area contributed by atoms with Crippen molar-refractivity contribution in [3.63, 3.8) is 0 Å². The highest BCUT2D eigenvalue weighted by Gasteiger charge is 2.06. The monoisotopic (exact) mass is 197 g/mol. The zero-order chi connectivity index (χ0) is 10.0. The van der Waals surface area contributed by atoms with Crippen LogP contribution in [0.4, 0.5) is 0 Å². The molecule has 70 valence electrons. The third-order valence-electron chi connectivity index (χ3n) is 1.53. The number of hydrogen-bond acceptors (Lipinski definition) is 3. The SMILES string of the molecule is CN(C)C(=O)c1ccc(=S)n([O-])c1. The minimum Gasteiger partial charge on any atom is -0.805 e. The maximum Gasteiger partial charge on any atom is 0.254 e. The predicted molar refractivity (Wildman–Crippen MR) is 52.0 cm³/mol. The quantitative estimate of drug-likeness (QED) is 0.637. The molecule has 0 N–H and O–H groups in total. The molecule has 1 aromatic heterocycles. The van der Waals surface area contributed by atoms with Crippen molar-refractivity contribution in [2.75, 3.05) is 14.1 Å². The summed E-state index contributed by atoms with van der Waals surface area (Å²) < 4.78 is 0.668. The molecule has 0 aliphatic carbocycles. The van der Waals surface area contributed by atoms with E-state index in [0.29, 0.717) is 10.3 Å². The summed E-state index contributed by atoms with van der Waals surface area (Å²) in [6.07, 6.45) is 1.19. The molecule has 0 atom stereocenters. The lowest BCUT2D eigenvalue weighted by atomic mass is 10.2. The molecule has 0 aliphatic heterocycles. The minimum absolute atomic E-state index is 0.162. The molecule has 0 bridgehead atoms. The Labute approximate surface area is 81.0 Å². The summed E-state index contributed by atoms with van der Waals surface area (Å²) in [5.74, 6) is -0.209. The predicted octanol–water partition coefficient (Wildman–Crippen LogP) is 1.27. The fraction of sp³-hybridized carbons (Fsp3) is 0.250. The van der Waals surface area contributed by atoms with Gasteiger partial charge in [-0.3, -0.25) is 4.79 Å². The minimum atomic E-state index is -0.209. The summed E-state index contributed by atoms with van der Waals surface area (Å²) in [5.41, 5.74) is 0.341. The number of rotatable bonds is 1. The van der Waals surface area contributed by atoms with Gasteiger partial charge in [0.05, 0.1) is 5.56 Å². The second-order valence-electron chi connectivity index (χ2n) is 2.78. The lowest BCUT2D eigenvalue weighted by Gasteiger charge is -2.14. The lowest BCUT2D eigenvalue weighted by Crippen LogP contribution is -2.22. The van der Waals surface area contributed by atoms with Crippen LogP contribution in [0.2, 0.25) is 0 Å². The summed E-state index contributed by atoms with van der Waals surface area (Å²) in [7, 11) is 3.25. The van der Waals surface area contributed by atoms with Gasteiger partial charge in [0.2, 0.25) is 0 Å². The van der Waals surface area contributed by atoms with Crippen LogP contribution in [-0.2, 0) is 0 Å². The molecule has 1 rings (SSSR count). The van der Waals surface area contributed by atoms with Crippen molar-refractivity contribution in [1.29, 1.82) is 0 Å². The molecule has 0 fully saturated rings. The van der Waals surface area contributed by atoms with Crippen LogP contribution in [0.5, 0.6) is 0 Å². The van der Waals surface area contributed by atoms with Gasteiger partial charge in [-0.2, -0.15) is 0 Å². The average molecular weight is 197 g/mol. The maximum absolute atomic E-state index is 11.3. The van der Waals surface area contributed by atoms with E-state index in [4.69, 9.17) is 12.2 Å². The van der Waals surface area contributed by atoms with E-state index in [1.807, 2.05) is 0 Å². The highest BCUT2D eigenvalue weighted by Crippen LogP contribution is 2.02. The molecule has 0 saturated heterocycles. The first-order valence-corrected chi connectivity index (χ1v) is 4.05. The van der Waals surface area contributed by atoms with Crippen molar-refractivity contribution >= 4 is 18.1 Å². The van der Waals surface area contributed by atoms with Gasteiger partial charge in [-0.05, 0) is 12.1 Å². The standard InChI is InChI=1S/C8H9N2O2S/c1-9(2)8(11)6-3-4-7(13)10(12)5-6/h3-5H,1-2H3/q-1. The summed E-state index contributed by atoms with van der Waals surface area (Å²) in [5, 5.41) is 11.0. The molecule has 0 radical (unpaired) electrons. The first-order chi connectivity index (χ1) is 6.02. The first kappa shape index (κ1) is 9.73. The normalized spacial score (nSPS) is 9.69. The van der Waals surface area contributed by atoms with E-state index in [1.165, 1.54) is 17.2 Å². The van der Waals surface area contributed by atoms with Crippen molar-refractivity contribution in [2.24, 2.45) is 0 Å². The molecule has 0 saturated carbocycles. The van der Waals surface area contributed by atoms with Gasteiger partial charge >= 0.3 is 0 Å². The van der Waals surface area contributed by atoms with Gasteiger partial charge in [0.25, 0.3) is 5.91 Å². The summed E-state index contributed by atoms with van der Waals surface area (Å²) in [6, 6.07) is 2.98.